The van der Waals surface area contributed by atoms with Crippen LogP contribution in [0.2, 0.25) is 0 Å². The van der Waals surface area contributed by atoms with Crippen LogP contribution in [0.25, 0.3) is 0 Å². The van der Waals surface area contributed by atoms with Gasteiger partial charge in [-0.05, 0) is 19.1 Å². The lowest BCUT2D eigenvalue weighted by Gasteiger charge is -2.11. The van der Waals surface area contributed by atoms with Crippen LogP contribution in [0.15, 0.2) is 35.5 Å². The molecule has 106 valence electrons. The molecule has 0 radical (unpaired) electrons. The summed E-state index contributed by atoms with van der Waals surface area (Å²) >= 11 is 0. The maximum Gasteiger partial charge on any atom is 0.177 e. The second kappa shape index (κ2) is 5.46. The molecule has 0 bridgehead atoms. The van der Waals surface area contributed by atoms with Crippen molar-refractivity contribution in [3.05, 3.63) is 42.0 Å². The van der Waals surface area contributed by atoms with Gasteiger partial charge in [0.2, 0.25) is 0 Å². The van der Waals surface area contributed by atoms with Gasteiger partial charge in [0.15, 0.2) is 9.84 Å². The van der Waals surface area contributed by atoms with Gasteiger partial charge < -0.3 is 11.1 Å². The normalized spacial score (nSPS) is 11.3. The molecule has 0 amide bonds. The number of nitrogen functional groups attached to an aromatic ring is 1. The van der Waals surface area contributed by atoms with Gasteiger partial charge in [-0.25, -0.2) is 8.42 Å². The van der Waals surface area contributed by atoms with Crippen LogP contribution < -0.4 is 11.1 Å². The number of nitrogens with two attached hydrogens (primary N) is 1. The molecule has 1 aromatic heterocycles. The summed E-state index contributed by atoms with van der Waals surface area (Å²) < 4.78 is 23.2. The van der Waals surface area contributed by atoms with Gasteiger partial charge >= 0.3 is 0 Å². The number of nitrogens with zero attached hydrogens (tertiary/aromatic N) is 2. The van der Waals surface area contributed by atoms with Crippen molar-refractivity contribution < 1.29 is 8.42 Å². The predicted octanol–water partition coefficient (Wildman–Crippen LogP) is 1.38. The number of hydrogen-bond acceptors (Lipinski definition) is 6. The van der Waals surface area contributed by atoms with Crippen molar-refractivity contribution in [2.75, 3.05) is 17.3 Å². The lowest BCUT2D eigenvalue weighted by atomic mass is 10.2. The van der Waals surface area contributed by atoms with Crippen LogP contribution in [0, 0.1) is 6.92 Å². The number of anilines is 2. The zero-order valence-electron chi connectivity index (χ0n) is 11.3. The van der Waals surface area contributed by atoms with E-state index in [2.05, 4.69) is 15.3 Å². The molecular formula is C13H16N4O2S. The first-order valence-corrected chi connectivity index (χ1v) is 7.87. The summed E-state index contributed by atoms with van der Waals surface area (Å²) in [5, 5.41) is 3.07. The zero-order chi connectivity index (χ0) is 14.8. The summed E-state index contributed by atoms with van der Waals surface area (Å²) in [6, 6.07) is 4.86. The molecule has 2 aromatic rings. The summed E-state index contributed by atoms with van der Waals surface area (Å²) in [6.45, 7) is 2.28. The molecule has 0 unspecified atom stereocenters. The SMILES string of the molecule is Cc1cnc(CNc2cccc(S(C)(=O)=O)c2N)cn1. The third-order valence-electron chi connectivity index (χ3n) is 2.76. The summed E-state index contributed by atoms with van der Waals surface area (Å²) in [7, 11) is -3.34. The van der Waals surface area contributed by atoms with Gasteiger partial charge in [-0.3, -0.25) is 9.97 Å². The summed E-state index contributed by atoms with van der Waals surface area (Å²) in [4.78, 5) is 8.47. The molecule has 0 aliphatic heterocycles. The third-order valence-corrected chi connectivity index (χ3v) is 3.91. The van der Waals surface area contributed by atoms with E-state index in [1.165, 1.54) is 6.07 Å². The highest BCUT2D eigenvalue weighted by Crippen LogP contribution is 2.26. The van der Waals surface area contributed by atoms with E-state index in [4.69, 9.17) is 5.73 Å². The van der Waals surface area contributed by atoms with E-state index in [1.807, 2.05) is 6.92 Å². The van der Waals surface area contributed by atoms with E-state index >= 15 is 0 Å². The van der Waals surface area contributed by atoms with Gasteiger partial charge in [-0.1, -0.05) is 6.07 Å². The first-order chi connectivity index (χ1) is 9.38. The first-order valence-electron chi connectivity index (χ1n) is 5.98. The lowest BCUT2D eigenvalue weighted by Crippen LogP contribution is -2.08. The Kier molecular flexibility index (Phi) is 3.89. The Balaban J connectivity index is 2.20. The Hall–Kier alpha value is -2.15. The van der Waals surface area contributed by atoms with Crippen LogP contribution in [0.1, 0.15) is 11.4 Å². The molecule has 0 spiro atoms. The van der Waals surface area contributed by atoms with Gasteiger partial charge in [0.05, 0.1) is 40.4 Å². The maximum atomic E-state index is 11.6. The number of nitrogens with one attached hydrogen (secondary N) is 1. The average molecular weight is 292 g/mol. The Bertz CT molecular complexity index is 712. The minimum atomic E-state index is -3.34. The minimum Gasteiger partial charge on any atom is -0.396 e. The van der Waals surface area contributed by atoms with Crippen molar-refractivity contribution in [2.45, 2.75) is 18.4 Å². The third kappa shape index (κ3) is 3.24. The van der Waals surface area contributed by atoms with Crippen LogP contribution in [0.3, 0.4) is 0 Å². The van der Waals surface area contributed by atoms with E-state index < -0.39 is 9.84 Å². The highest BCUT2D eigenvalue weighted by atomic mass is 32.2. The van der Waals surface area contributed by atoms with Crippen molar-refractivity contribution in [3.63, 3.8) is 0 Å². The molecule has 6 nitrogen and oxygen atoms in total. The second-order valence-corrected chi connectivity index (χ2v) is 6.48. The molecule has 0 aliphatic rings. The molecule has 0 saturated heterocycles. The Morgan fingerprint density at radius 3 is 2.60 bits per heavy atom. The van der Waals surface area contributed by atoms with E-state index in [9.17, 15) is 8.42 Å². The van der Waals surface area contributed by atoms with Gasteiger partial charge in [-0.2, -0.15) is 0 Å². The molecular weight excluding hydrogens is 276 g/mol. The van der Waals surface area contributed by atoms with Crippen LogP contribution in [-0.4, -0.2) is 24.6 Å². The number of sulfone groups is 1. The standard InChI is InChI=1S/C13H16N4O2S/c1-9-6-16-10(7-15-9)8-17-11-4-3-5-12(13(11)14)20(2,18)19/h3-7,17H,8,14H2,1-2H3. The van der Waals surface area contributed by atoms with E-state index in [0.717, 1.165) is 17.6 Å². The Labute approximate surface area is 118 Å². The summed E-state index contributed by atoms with van der Waals surface area (Å²) in [5.74, 6) is 0. The van der Waals surface area contributed by atoms with Crippen molar-refractivity contribution >= 4 is 21.2 Å². The smallest absolute Gasteiger partial charge is 0.177 e. The van der Waals surface area contributed by atoms with Crippen LogP contribution in [0.4, 0.5) is 11.4 Å². The molecule has 1 aromatic carbocycles. The quantitative estimate of drug-likeness (QED) is 0.826. The largest absolute Gasteiger partial charge is 0.396 e. The fourth-order valence-electron chi connectivity index (χ4n) is 1.72. The van der Waals surface area contributed by atoms with Gasteiger partial charge in [-0.15, -0.1) is 0 Å². The Morgan fingerprint density at radius 1 is 1.25 bits per heavy atom. The van der Waals surface area contributed by atoms with Gasteiger partial charge in [0.25, 0.3) is 0 Å². The van der Waals surface area contributed by atoms with Crippen LogP contribution in [-0.2, 0) is 16.4 Å². The second-order valence-electron chi connectivity index (χ2n) is 4.49. The molecule has 20 heavy (non-hydrogen) atoms. The van der Waals surface area contributed by atoms with Crippen molar-refractivity contribution in [1.29, 1.82) is 0 Å². The number of aromatic nitrogens is 2. The van der Waals surface area contributed by atoms with E-state index in [-0.39, 0.29) is 10.6 Å². The number of hydrogen-bond donors (Lipinski definition) is 2. The number of rotatable bonds is 4. The minimum absolute atomic E-state index is 0.123. The molecule has 0 aliphatic carbocycles. The highest BCUT2D eigenvalue weighted by molar-refractivity contribution is 7.90. The lowest BCUT2D eigenvalue weighted by molar-refractivity contribution is 0.602. The molecule has 7 heteroatoms. The number of para-hydroxylation sites is 1. The number of aryl methyl sites for hydroxylation is 1. The topological polar surface area (TPSA) is 98.0 Å². The van der Waals surface area contributed by atoms with E-state index in [1.54, 1.807) is 24.5 Å². The average Bonchev–Trinajstić information content (AvgIpc) is 2.38. The van der Waals surface area contributed by atoms with Gasteiger partial charge in [0.1, 0.15) is 0 Å². The van der Waals surface area contributed by atoms with Gasteiger partial charge in [0, 0.05) is 12.5 Å². The van der Waals surface area contributed by atoms with Crippen molar-refractivity contribution in [3.8, 4) is 0 Å². The molecule has 0 fully saturated rings. The van der Waals surface area contributed by atoms with Crippen LogP contribution >= 0.6 is 0 Å². The molecule has 2 rings (SSSR count). The molecule has 3 N–H and O–H groups in total. The number of benzene rings is 1. The zero-order valence-corrected chi connectivity index (χ0v) is 12.1. The fraction of sp³-hybridized carbons (Fsp3) is 0.231. The fourth-order valence-corrected chi connectivity index (χ4v) is 2.55. The Morgan fingerprint density at radius 2 is 2.00 bits per heavy atom. The van der Waals surface area contributed by atoms with Crippen molar-refractivity contribution in [2.24, 2.45) is 0 Å². The summed E-state index contributed by atoms with van der Waals surface area (Å²) in [6.07, 6.45) is 4.47. The van der Waals surface area contributed by atoms with Crippen molar-refractivity contribution in [1.82, 2.24) is 9.97 Å². The highest BCUT2D eigenvalue weighted by Gasteiger charge is 2.13. The molecule has 1 heterocycles. The monoisotopic (exact) mass is 292 g/mol. The first kappa shape index (κ1) is 14.3. The van der Waals surface area contributed by atoms with Crippen LogP contribution in [0.5, 0.6) is 0 Å². The molecule has 0 saturated carbocycles. The summed E-state index contributed by atoms with van der Waals surface area (Å²) in [5.41, 5.74) is 8.25. The van der Waals surface area contributed by atoms with E-state index in [0.29, 0.717) is 12.2 Å². The predicted molar refractivity (Wildman–Crippen MR) is 78.1 cm³/mol. The molecule has 0 atom stereocenters. The maximum absolute atomic E-state index is 11.6.